The molecule has 0 saturated heterocycles. The van der Waals surface area contributed by atoms with Crippen molar-refractivity contribution in [2.45, 2.75) is 57.9 Å². The minimum atomic E-state index is -4.60. The highest BCUT2D eigenvalue weighted by Gasteiger charge is 2.38. The van der Waals surface area contributed by atoms with E-state index in [0.29, 0.717) is 30.7 Å². The molecule has 0 radical (unpaired) electrons. The van der Waals surface area contributed by atoms with E-state index in [1.54, 1.807) is 6.07 Å². The lowest BCUT2D eigenvalue weighted by Gasteiger charge is -2.23. The molecule has 1 fully saturated rings. The van der Waals surface area contributed by atoms with Crippen molar-refractivity contribution in [1.82, 2.24) is 14.7 Å². The summed E-state index contributed by atoms with van der Waals surface area (Å²) < 4.78 is 52.4. The summed E-state index contributed by atoms with van der Waals surface area (Å²) in [6, 6.07) is 4.17. The number of aromatic amines is 1. The monoisotopic (exact) mass is 437 g/mol. The lowest BCUT2D eigenvalue weighted by molar-refractivity contribution is -0.141. The van der Waals surface area contributed by atoms with E-state index >= 15 is 0 Å². The van der Waals surface area contributed by atoms with E-state index in [2.05, 4.69) is 10.1 Å². The largest absolute Gasteiger partial charge is 0.490 e. The van der Waals surface area contributed by atoms with Crippen molar-refractivity contribution in [2.75, 3.05) is 0 Å². The van der Waals surface area contributed by atoms with Crippen molar-refractivity contribution < 1.29 is 22.4 Å². The average Bonchev–Trinajstić information content (AvgIpc) is 3.32. The molecule has 2 atom stereocenters. The Balaban J connectivity index is 1.63. The fourth-order valence-electron chi connectivity index (χ4n) is 4.21. The van der Waals surface area contributed by atoms with Crippen LogP contribution in [0.25, 0.3) is 11.0 Å². The lowest BCUT2D eigenvalue weighted by atomic mass is 10.0. The number of aromatic nitrogens is 3. The van der Waals surface area contributed by atoms with Crippen LogP contribution in [-0.4, -0.2) is 20.8 Å². The van der Waals surface area contributed by atoms with E-state index in [-0.39, 0.29) is 23.0 Å². The summed E-state index contributed by atoms with van der Waals surface area (Å²) in [5.74, 6) is 0.499. The van der Waals surface area contributed by atoms with Gasteiger partial charge in [0, 0.05) is 30.3 Å². The van der Waals surface area contributed by atoms with Crippen LogP contribution in [0.5, 0.6) is 5.75 Å². The maximum atomic E-state index is 13.2. The van der Waals surface area contributed by atoms with Gasteiger partial charge in [0.2, 0.25) is 0 Å². The van der Waals surface area contributed by atoms with Crippen molar-refractivity contribution in [1.29, 1.82) is 0 Å². The zero-order valence-electron chi connectivity index (χ0n) is 16.9. The summed E-state index contributed by atoms with van der Waals surface area (Å²) in [6.07, 6.45) is 0.319. The first-order valence-corrected chi connectivity index (χ1v) is 10.2. The number of nitrogens with zero attached hydrogens (tertiary/aromatic N) is 2. The van der Waals surface area contributed by atoms with E-state index < -0.39 is 23.1 Å². The molecular weight excluding hydrogens is 415 g/mol. The fourth-order valence-corrected chi connectivity index (χ4v) is 4.21. The van der Waals surface area contributed by atoms with Gasteiger partial charge in [-0.05, 0) is 37.8 Å². The lowest BCUT2D eigenvalue weighted by Crippen LogP contribution is -2.33. The molecule has 2 aromatic heterocycles. The molecule has 0 unspecified atom stereocenters. The maximum Gasteiger partial charge on any atom is 0.437 e. The number of H-pyrrole nitrogens is 1. The summed E-state index contributed by atoms with van der Waals surface area (Å²) in [6.45, 7) is 2.30. The first-order chi connectivity index (χ1) is 14.8. The van der Waals surface area contributed by atoms with Crippen molar-refractivity contribution in [3.05, 3.63) is 56.5 Å². The molecule has 0 spiro atoms. The molecule has 1 saturated carbocycles. The second-order valence-corrected chi connectivity index (χ2v) is 7.81. The molecule has 1 N–H and O–H groups in total. The second-order valence-electron chi connectivity index (χ2n) is 7.81. The third-order valence-corrected chi connectivity index (χ3v) is 5.67. The first kappa shape index (κ1) is 21.2. The number of hydrogen-bond acceptors (Lipinski definition) is 5. The van der Waals surface area contributed by atoms with Gasteiger partial charge in [-0.2, -0.15) is 13.2 Å². The van der Waals surface area contributed by atoms with Gasteiger partial charge in [-0.1, -0.05) is 18.5 Å². The predicted octanol–water partition coefficient (Wildman–Crippen LogP) is 3.90. The van der Waals surface area contributed by atoms with Crippen LogP contribution in [0.2, 0.25) is 0 Å². The zero-order valence-corrected chi connectivity index (χ0v) is 16.9. The molecular formula is C21H22F3N3O4. The predicted molar refractivity (Wildman–Crippen MR) is 106 cm³/mol. The number of halogens is 3. The molecule has 2 heterocycles. The molecule has 31 heavy (non-hydrogen) atoms. The van der Waals surface area contributed by atoms with Gasteiger partial charge in [0.05, 0.1) is 5.39 Å². The van der Waals surface area contributed by atoms with Crippen molar-refractivity contribution in [2.24, 2.45) is 5.92 Å². The first-order valence-electron chi connectivity index (χ1n) is 10.2. The average molecular weight is 437 g/mol. The molecule has 0 amide bonds. The molecule has 0 bridgehead atoms. The summed E-state index contributed by atoms with van der Waals surface area (Å²) >= 11 is 0. The minimum Gasteiger partial charge on any atom is -0.490 e. The topological polar surface area (TPSA) is 90.1 Å². The van der Waals surface area contributed by atoms with Crippen molar-refractivity contribution in [3.8, 4) is 5.75 Å². The number of ether oxygens (including phenoxy) is 1. The standard InChI is InChI=1S/C21H22F3N3O4/c1-2-4-13-16(8-7-14-18(13)31-26-19(14)21(22,23)24)30-15-6-3-5-12(15)11-27-10-9-17(28)25-20(27)29/h7-10,12,15H,2-6,11H2,1H3,(H,25,28,29)/t12-,15+/m1/s1. The molecule has 1 aromatic carbocycles. The van der Waals surface area contributed by atoms with E-state index in [4.69, 9.17) is 9.26 Å². The SMILES string of the molecule is CCCc1c(O[C@H]2CCC[C@@H]2Cn2ccc(=O)[nH]c2=O)ccc2c(C(F)(F)F)noc12. The summed E-state index contributed by atoms with van der Waals surface area (Å²) in [5.41, 5.74) is -1.31. The van der Waals surface area contributed by atoms with Gasteiger partial charge in [-0.3, -0.25) is 9.78 Å². The highest BCUT2D eigenvalue weighted by molar-refractivity contribution is 5.85. The van der Waals surface area contributed by atoms with Crippen LogP contribution in [0.3, 0.4) is 0 Å². The van der Waals surface area contributed by atoms with Crippen LogP contribution in [0, 0.1) is 5.92 Å². The van der Waals surface area contributed by atoms with Crippen LogP contribution in [0.4, 0.5) is 13.2 Å². The van der Waals surface area contributed by atoms with Gasteiger partial charge in [0.25, 0.3) is 5.56 Å². The Morgan fingerprint density at radius 1 is 1.26 bits per heavy atom. The maximum absolute atomic E-state index is 13.2. The van der Waals surface area contributed by atoms with E-state index in [1.807, 2.05) is 6.92 Å². The Morgan fingerprint density at radius 2 is 2.06 bits per heavy atom. The van der Waals surface area contributed by atoms with Gasteiger partial charge in [0.1, 0.15) is 11.9 Å². The Morgan fingerprint density at radius 3 is 2.77 bits per heavy atom. The van der Waals surface area contributed by atoms with Crippen LogP contribution in [-0.2, 0) is 19.1 Å². The highest BCUT2D eigenvalue weighted by atomic mass is 19.4. The van der Waals surface area contributed by atoms with Crippen molar-refractivity contribution in [3.63, 3.8) is 0 Å². The smallest absolute Gasteiger partial charge is 0.437 e. The van der Waals surface area contributed by atoms with Crippen LogP contribution >= 0.6 is 0 Å². The molecule has 1 aliphatic carbocycles. The van der Waals surface area contributed by atoms with Crippen molar-refractivity contribution >= 4 is 11.0 Å². The zero-order chi connectivity index (χ0) is 22.2. The van der Waals surface area contributed by atoms with Gasteiger partial charge in [-0.25, -0.2) is 4.79 Å². The second kappa shape index (κ2) is 8.24. The molecule has 1 aliphatic rings. The fraction of sp³-hybridized carbons (Fsp3) is 0.476. The summed E-state index contributed by atoms with van der Waals surface area (Å²) in [5, 5.41) is 3.17. The third kappa shape index (κ3) is 4.24. The molecule has 166 valence electrons. The van der Waals surface area contributed by atoms with Crippen LogP contribution in [0.15, 0.2) is 38.5 Å². The number of alkyl halides is 3. The van der Waals surface area contributed by atoms with Crippen LogP contribution < -0.4 is 16.0 Å². The number of nitrogens with one attached hydrogen (secondary N) is 1. The Labute approximate surface area is 174 Å². The highest BCUT2D eigenvalue weighted by Crippen LogP contribution is 2.39. The molecule has 4 rings (SSSR count). The molecule has 3 aromatic rings. The van der Waals surface area contributed by atoms with Gasteiger partial charge in [-0.15, -0.1) is 0 Å². The Bertz CT molecular complexity index is 1200. The normalized spacial score (nSPS) is 19.2. The van der Waals surface area contributed by atoms with Gasteiger partial charge < -0.3 is 13.8 Å². The molecule has 10 heteroatoms. The third-order valence-electron chi connectivity index (χ3n) is 5.67. The number of aryl methyl sites for hydroxylation is 1. The Hall–Kier alpha value is -3.04. The van der Waals surface area contributed by atoms with Gasteiger partial charge >= 0.3 is 11.9 Å². The van der Waals surface area contributed by atoms with Crippen LogP contribution in [0.1, 0.15) is 43.9 Å². The van der Waals surface area contributed by atoms with E-state index in [1.165, 1.54) is 22.9 Å². The van der Waals surface area contributed by atoms with E-state index in [0.717, 1.165) is 19.3 Å². The molecule has 0 aliphatic heterocycles. The minimum absolute atomic E-state index is 0.0224. The van der Waals surface area contributed by atoms with Gasteiger partial charge in [0.15, 0.2) is 11.3 Å². The number of hydrogen-bond donors (Lipinski definition) is 1. The number of benzene rings is 1. The number of rotatable bonds is 6. The summed E-state index contributed by atoms with van der Waals surface area (Å²) in [7, 11) is 0. The van der Waals surface area contributed by atoms with E-state index in [9.17, 15) is 22.8 Å². The molecule has 7 nitrogen and oxygen atoms in total. The summed E-state index contributed by atoms with van der Waals surface area (Å²) in [4.78, 5) is 25.5. The Kier molecular flexibility index (Phi) is 5.63. The number of fused-ring (bicyclic) bond motifs is 1. The quantitative estimate of drug-likeness (QED) is 0.632.